The lowest BCUT2D eigenvalue weighted by Gasteiger charge is -2.26. The van der Waals surface area contributed by atoms with Gasteiger partial charge < -0.3 is 10.6 Å². The van der Waals surface area contributed by atoms with Gasteiger partial charge in [0, 0.05) is 20.1 Å². The molecule has 0 amide bonds. The number of rotatable bonds is 5. The molecule has 0 spiro atoms. The van der Waals surface area contributed by atoms with Gasteiger partial charge in [0.25, 0.3) is 0 Å². The van der Waals surface area contributed by atoms with E-state index in [0.29, 0.717) is 6.54 Å². The van der Waals surface area contributed by atoms with Crippen LogP contribution in [0, 0.1) is 12.3 Å². The highest BCUT2D eigenvalue weighted by Gasteiger charge is 2.10. The van der Waals surface area contributed by atoms with Crippen molar-refractivity contribution in [3.05, 3.63) is 35.4 Å². The van der Waals surface area contributed by atoms with Crippen molar-refractivity contribution in [2.24, 2.45) is 4.99 Å². The molecule has 1 aliphatic heterocycles. The van der Waals surface area contributed by atoms with Crippen LogP contribution in [0.5, 0.6) is 0 Å². The second-order valence-electron chi connectivity index (χ2n) is 5.64. The molecular formula is C18H27IN4. The van der Waals surface area contributed by atoms with Crippen LogP contribution in [0.2, 0.25) is 0 Å². The Labute approximate surface area is 157 Å². The van der Waals surface area contributed by atoms with Crippen molar-refractivity contribution < 1.29 is 0 Å². The summed E-state index contributed by atoms with van der Waals surface area (Å²) in [6.07, 6.45) is 9.30. The molecule has 0 atom stereocenters. The van der Waals surface area contributed by atoms with E-state index < -0.39 is 0 Å². The zero-order valence-corrected chi connectivity index (χ0v) is 16.2. The fourth-order valence-corrected chi connectivity index (χ4v) is 2.68. The van der Waals surface area contributed by atoms with Crippen LogP contribution < -0.4 is 10.6 Å². The van der Waals surface area contributed by atoms with Crippen molar-refractivity contribution in [3.63, 3.8) is 0 Å². The van der Waals surface area contributed by atoms with Gasteiger partial charge in [0.05, 0.1) is 6.54 Å². The molecular weight excluding hydrogens is 399 g/mol. The quantitative estimate of drug-likeness (QED) is 0.329. The lowest BCUT2D eigenvalue weighted by Crippen LogP contribution is -2.36. The molecule has 23 heavy (non-hydrogen) atoms. The van der Waals surface area contributed by atoms with Crippen LogP contribution >= 0.6 is 24.0 Å². The Morgan fingerprint density at radius 1 is 1.13 bits per heavy atom. The van der Waals surface area contributed by atoms with Gasteiger partial charge in [-0.1, -0.05) is 36.6 Å². The third kappa shape index (κ3) is 7.23. The average molecular weight is 426 g/mol. The first kappa shape index (κ1) is 19.8. The molecule has 1 aromatic rings. The molecule has 2 rings (SSSR count). The standard InChI is InChI=1S/C18H26N4.HI/c1-3-11-20-18(19-2)21-14-16-7-9-17(10-8-16)15-22-12-5-4-6-13-22;/h1,7-10H,4-6,11-15H2,2H3,(H2,19,20,21);1H. The summed E-state index contributed by atoms with van der Waals surface area (Å²) in [5, 5.41) is 6.31. The van der Waals surface area contributed by atoms with Gasteiger partial charge >= 0.3 is 0 Å². The molecule has 1 fully saturated rings. The van der Waals surface area contributed by atoms with Crippen molar-refractivity contribution in [2.75, 3.05) is 26.7 Å². The van der Waals surface area contributed by atoms with E-state index in [2.05, 4.69) is 50.7 Å². The van der Waals surface area contributed by atoms with E-state index in [4.69, 9.17) is 6.42 Å². The minimum atomic E-state index is 0. The third-order valence-electron chi connectivity index (χ3n) is 3.92. The van der Waals surface area contributed by atoms with Crippen molar-refractivity contribution in [3.8, 4) is 12.3 Å². The maximum absolute atomic E-state index is 5.23. The molecule has 0 aromatic heterocycles. The van der Waals surface area contributed by atoms with Crippen LogP contribution in [0.1, 0.15) is 30.4 Å². The smallest absolute Gasteiger partial charge is 0.192 e. The first-order chi connectivity index (χ1) is 10.8. The Hall–Kier alpha value is -1.26. The number of hydrogen-bond donors (Lipinski definition) is 2. The molecule has 0 unspecified atom stereocenters. The molecule has 5 heteroatoms. The van der Waals surface area contributed by atoms with Crippen molar-refractivity contribution in [1.29, 1.82) is 0 Å². The summed E-state index contributed by atoms with van der Waals surface area (Å²) in [5.74, 6) is 3.27. The summed E-state index contributed by atoms with van der Waals surface area (Å²) in [6, 6.07) is 8.81. The van der Waals surface area contributed by atoms with Gasteiger partial charge in [0.15, 0.2) is 5.96 Å². The zero-order chi connectivity index (χ0) is 15.6. The lowest BCUT2D eigenvalue weighted by atomic mass is 10.1. The number of piperidine rings is 1. The number of aliphatic imine (C=N–C) groups is 1. The van der Waals surface area contributed by atoms with Crippen LogP contribution in [0.3, 0.4) is 0 Å². The van der Waals surface area contributed by atoms with E-state index in [9.17, 15) is 0 Å². The monoisotopic (exact) mass is 426 g/mol. The largest absolute Gasteiger partial charge is 0.352 e. The summed E-state index contributed by atoms with van der Waals surface area (Å²) in [6.45, 7) is 4.77. The summed E-state index contributed by atoms with van der Waals surface area (Å²) in [7, 11) is 1.74. The fourth-order valence-electron chi connectivity index (χ4n) is 2.68. The zero-order valence-electron chi connectivity index (χ0n) is 13.8. The second kappa shape index (κ2) is 11.3. The maximum Gasteiger partial charge on any atom is 0.192 e. The Morgan fingerprint density at radius 3 is 2.39 bits per heavy atom. The summed E-state index contributed by atoms with van der Waals surface area (Å²) in [5.41, 5.74) is 2.63. The minimum Gasteiger partial charge on any atom is -0.352 e. The average Bonchev–Trinajstić information content (AvgIpc) is 2.57. The molecule has 1 aromatic carbocycles. The first-order valence-corrected chi connectivity index (χ1v) is 8.00. The number of likely N-dealkylation sites (tertiary alicyclic amines) is 1. The minimum absolute atomic E-state index is 0. The number of nitrogens with zero attached hydrogens (tertiary/aromatic N) is 2. The predicted molar refractivity (Wildman–Crippen MR) is 108 cm³/mol. The van der Waals surface area contributed by atoms with E-state index in [-0.39, 0.29) is 24.0 Å². The molecule has 0 aliphatic carbocycles. The lowest BCUT2D eigenvalue weighted by molar-refractivity contribution is 0.221. The highest BCUT2D eigenvalue weighted by atomic mass is 127. The van der Waals surface area contributed by atoms with Gasteiger partial charge in [-0.05, 0) is 37.1 Å². The number of halogens is 1. The van der Waals surface area contributed by atoms with E-state index in [1.165, 1.54) is 43.5 Å². The van der Waals surface area contributed by atoms with Gasteiger partial charge in [-0.3, -0.25) is 9.89 Å². The van der Waals surface area contributed by atoms with Gasteiger partial charge in [-0.2, -0.15) is 0 Å². The fraction of sp³-hybridized carbons (Fsp3) is 0.500. The second-order valence-corrected chi connectivity index (χ2v) is 5.64. The molecule has 0 saturated carbocycles. The molecule has 0 radical (unpaired) electrons. The van der Waals surface area contributed by atoms with Crippen molar-refractivity contribution >= 4 is 29.9 Å². The van der Waals surface area contributed by atoms with Gasteiger partial charge in [-0.25, -0.2) is 0 Å². The predicted octanol–water partition coefficient (Wildman–Crippen LogP) is 2.59. The highest BCUT2D eigenvalue weighted by molar-refractivity contribution is 14.0. The first-order valence-electron chi connectivity index (χ1n) is 8.00. The van der Waals surface area contributed by atoms with Crippen LogP contribution in [0.4, 0.5) is 0 Å². The molecule has 0 bridgehead atoms. The van der Waals surface area contributed by atoms with E-state index in [1.807, 2.05) is 0 Å². The Balaban J connectivity index is 0.00000264. The highest BCUT2D eigenvalue weighted by Crippen LogP contribution is 2.13. The number of nitrogens with one attached hydrogen (secondary N) is 2. The number of benzene rings is 1. The van der Waals surface area contributed by atoms with Crippen LogP contribution in [0.25, 0.3) is 0 Å². The number of terminal acetylenes is 1. The number of guanidine groups is 1. The Kier molecular flexibility index (Phi) is 9.72. The van der Waals surface area contributed by atoms with E-state index >= 15 is 0 Å². The van der Waals surface area contributed by atoms with Crippen molar-refractivity contribution in [2.45, 2.75) is 32.4 Å². The van der Waals surface area contributed by atoms with Gasteiger partial charge in [0.2, 0.25) is 0 Å². The van der Waals surface area contributed by atoms with Gasteiger partial charge in [-0.15, -0.1) is 30.4 Å². The van der Waals surface area contributed by atoms with Crippen LogP contribution in [-0.2, 0) is 13.1 Å². The summed E-state index contributed by atoms with van der Waals surface area (Å²) >= 11 is 0. The van der Waals surface area contributed by atoms with E-state index in [0.717, 1.165) is 19.0 Å². The molecule has 1 aliphatic rings. The molecule has 2 N–H and O–H groups in total. The SMILES string of the molecule is C#CCNC(=NC)NCc1ccc(CN2CCCCC2)cc1.I. The summed E-state index contributed by atoms with van der Waals surface area (Å²) < 4.78 is 0. The molecule has 1 heterocycles. The van der Waals surface area contributed by atoms with Crippen molar-refractivity contribution in [1.82, 2.24) is 15.5 Å². The third-order valence-corrected chi connectivity index (χ3v) is 3.92. The maximum atomic E-state index is 5.23. The molecule has 1 saturated heterocycles. The van der Waals surface area contributed by atoms with Crippen LogP contribution in [-0.4, -0.2) is 37.5 Å². The topological polar surface area (TPSA) is 39.7 Å². The van der Waals surface area contributed by atoms with Crippen LogP contribution in [0.15, 0.2) is 29.3 Å². The summed E-state index contributed by atoms with van der Waals surface area (Å²) in [4.78, 5) is 6.67. The van der Waals surface area contributed by atoms with E-state index in [1.54, 1.807) is 7.05 Å². The number of hydrogen-bond acceptors (Lipinski definition) is 2. The molecule has 4 nitrogen and oxygen atoms in total. The van der Waals surface area contributed by atoms with Gasteiger partial charge in [0.1, 0.15) is 0 Å². The Bertz CT molecular complexity index is 513. The normalized spacial score (nSPS) is 15.4. The molecule has 126 valence electrons. The Morgan fingerprint density at radius 2 is 1.78 bits per heavy atom.